The Kier molecular flexibility index (Phi) is 4.55. The molecule has 2 nitrogen and oxygen atoms in total. The molecule has 1 unspecified atom stereocenters. The first-order valence-electron chi connectivity index (χ1n) is 6.28. The standard InChI is InChI=1S/C16H15BrFNO/c1-11(12-6-4-3-5-7-12)19(2)16(20)14-9-8-13(17)10-15(14)18/h3-11H,1-2H3. The van der Waals surface area contributed by atoms with Crippen molar-refractivity contribution >= 4 is 21.8 Å². The van der Waals surface area contributed by atoms with Crippen molar-refractivity contribution in [2.45, 2.75) is 13.0 Å². The number of benzene rings is 2. The summed E-state index contributed by atoms with van der Waals surface area (Å²) < 4.78 is 14.5. The van der Waals surface area contributed by atoms with Crippen LogP contribution < -0.4 is 0 Å². The molecule has 2 rings (SSSR count). The molecule has 0 saturated carbocycles. The predicted octanol–water partition coefficient (Wildman–Crippen LogP) is 4.42. The molecular formula is C16H15BrFNO. The van der Waals surface area contributed by atoms with E-state index in [4.69, 9.17) is 0 Å². The van der Waals surface area contributed by atoms with Crippen LogP contribution in [0.5, 0.6) is 0 Å². The zero-order valence-corrected chi connectivity index (χ0v) is 12.9. The summed E-state index contributed by atoms with van der Waals surface area (Å²) in [5.74, 6) is -0.845. The lowest BCUT2D eigenvalue weighted by Crippen LogP contribution is -2.30. The Bertz CT molecular complexity index is 615. The fourth-order valence-electron chi connectivity index (χ4n) is 1.98. The molecular weight excluding hydrogens is 321 g/mol. The molecule has 0 N–H and O–H groups in total. The molecule has 0 saturated heterocycles. The van der Waals surface area contributed by atoms with E-state index in [1.165, 1.54) is 12.1 Å². The summed E-state index contributed by atoms with van der Waals surface area (Å²) in [6.45, 7) is 1.92. The van der Waals surface area contributed by atoms with Crippen LogP contribution in [0.25, 0.3) is 0 Å². The predicted molar refractivity (Wildman–Crippen MR) is 81.1 cm³/mol. The molecule has 4 heteroatoms. The molecule has 104 valence electrons. The van der Waals surface area contributed by atoms with Gasteiger partial charge in [0, 0.05) is 11.5 Å². The van der Waals surface area contributed by atoms with E-state index in [0.29, 0.717) is 4.47 Å². The lowest BCUT2D eigenvalue weighted by molar-refractivity contribution is 0.0738. The van der Waals surface area contributed by atoms with Gasteiger partial charge in [0.1, 0.15) is 5.82 Å². The molecule has 2 aromatic rings. The van der Waals surface area contributed by atoms with E-state index in [2.05, 4.69) is 15.9 Å². The molecule has 0 aliphatic carbocycles. The maximum Gasteiger partial charge on any atom is 0.257 e. The van der Waals surface area contributed by atoms with Gasteiger partial charge in [0.05, 0.1) is 11.6 Å². The summed E-state index contributed by atoms with van der Waals surface area (Å²) in [5.41, 5.74) is 1.10. The summed E-state index contributed by atoms with van der Waals surface area (Å²) in [6, 6.07) is 14.0. The van der Waals surface area contributed by atoms with Crippen molar-refractivity contribution in [3.63, 3.8) is 0 Å². The van der Waals surface area contributed by atoms with Crippen molar-refractivity contribution in [3.8, 4) is 0 Å². The van der Waals surface area contributed by atoms with Gasteiger partial charge in [-0.2, -0.15) is 0 Å². The molecule has 0 radical (unpaired) electrons. The Labute approximate surface area is 126 Å². The first kappa shape index (κ1) is 14.7. The van der Waals surface area contributed by atoms with Gasteiger partial charge in [-0.05, 0) is 30.7 Å². The minimum absolute atomic E-state index is 0.0819. The van der Waals surface area contributed by atoms with E-state index >= 15 is 0 Å². The Balaban J connectivity index is 2.24. The van der Waals surface area contributed by atoms with Gasteiger partial charge in [0.2, 0.25) is 0 Å². The molecule has 0 fully saturated rings. The van der Waals surface area contributed by atoms with Crippen LogP contribution >= 0.6 is 15.9 Å². The summed E-state index contributed by atoms with van der Waals surface area (Å²) >= 11 is 3.18. The van der Waals surface area contributed by atoms with E-state index < -0.39 is 5.82 Å². The molecule has 0 aromatic heterocycles. The van der Waals surface area contributed by atoms with Gasteiger partial charge in [0.25, 0.3) is 5.91 Å². The maximum atomic E-state index is 13.8. The number of rotatable bonds is 3. The number of carbonyl (C=O) groups excluding carboxylic acids is 1. The first-order chi connectivity index (χ1) is 9.50. The van der Waals surface area contributed by atoms with E-state index in [1.807, 2.05) is 37.3 Å². The third-order valence-electron chi connectivity index (χ3n) is 3.34. The van der Waals surface area contributed by atoms with Crippen LogP contribution in [0.15, 0.2) is 53.0 Å². The Hall–Kier alpha value is -1.68. The summed E-state index contributed by atoms with van der Waals surface area (Å²) in [7, 11) is 1.68. The van der Waals surface area contributed by atoms with Gasteiger partial charge in [-0.3, -0.25) is 4.79 Å². The van der Waals surface area contributed by atoms with Crippen LogP contribution in [0, 0.1) is 5.82 Å². The summed E-state index contributed by atoms with van der Waals surface area (Å²) in [4.78, 5) is 13.9. The van der Waals surface area contributed by atoms with E-state index in [1.54, 1.807) is 18.0 Å². The average molecular weight is 336 g/mol. The quantitative estimate of drug-likeness (QED) is 0.812. The molecule has 0 aliphatic rings. The normalized spacial score (nSPS) is 12.0. The van der Waals surface area contributed by atoms with E-state index in [9.17, 15) is 9.18 Å². The zero-order chi connectivity index (χ0) is 14.7. The van der Waals surface area contributed by atoms with Crippen LogP contribution in [0.1, 0.15) is 28.9 Å². The van der Waals surface area contributed by atoms with Crippen molar-refractivity contribution in [3.05, 3.63) is 69.9 Å². The summed E-state index contributed by atoms with van der Waals surface area (Å²) in [5, 5.41) is 0. The van der Waals surface area contributed by atoms with Crippen LogP contribution in [0.2, 0.25) is 0 Å². The number of nitrogens with zero attached hydrogens (tertiary/aromatic N) is 1. The lowest BCUT2D eigenvalue weighted by Gasteiger charge is -2.25. The van der Waals surface area contributed by atoms with Crippen molar-refractivity contribution in [1.29, 1.82) is 0 Å². The van der Waals surface area contributed by atoms with Crippen LogP contribution in [0.3, 0.4) is 0 Å². The lowest BCUT2D eigenvalue weighted by atomic mass is 10.1. The molecule has 0 aliphatic heterocycles. The minimum atomic E-state index is -0.517. The van der Waals surface area contributed by atoms with Crippen molar-refractivity contribution in [1.82, 2.24) is 4.90 Å². The fraction of sp³-hybridized carbons (Fsp3) is 0.188. The first-order valence-corrected chi connectivity index (χ1v) is 7.07. The molecule has 0 heterocycles. The van der Waals surface area contributed by atoms with Gasteiger partial charge in [-0.15, -0.1) is 0 Å². The van der Waals surface area contributed by atoms with Crippen LogP contribution in [-0.4, -0.2) is 17.9 Å². The number of halogens is 2. The highest BCUT2D eigenvalue weighted by Gasteiger charge is 2.21. The van der Waals surface area contributed by atoms with Crippen molar-refractivity contribution < 1.29 is 9.18 Å². The molecule has 0 bridgehead atoms. The number of carbonyl (C=O) groups is 1. The van der Waals surface area contributed by atoms with Crippen LogP contribution in [-0.2, 0) is 0 Å². The van der Waals surface area contributed by atoms with Crippen LogP contribution in [0.4, 0.5) is 4.39 Å². The number of amides is 1. The average Bonchev–Trinajstić information content (AvgIpc) is 2.46. The second-order valence-corrected chi connectivity index (χ2v) is 5.54. The second-order valence-electron chi connectivity index (χ2n) is 4.63. The number of hydrogen-bond acceptors (Lipinski definition) is 1. The molecule has 1 atom stereocenters. The molecule has 1 amide bonds. The second kappa shape index (κ2) is 6.18. The fourth-order valence-corrected chi connectivity index (χ4v) is 2.32. The smallest absolute Gasteiger partial charge is 0.257 e. The Morgan fingerprint density at radius 3 is 2.45 bits per heavy atom. The Morgan fingerprint density at radius 1 is 1.20 bits per heavy atom. The van der Waals surface area contributed by atoms with Gasteiger partial charge < -0.3 is 4.90 Å². The summed E-state index contributed by atoms with van der Waals surface area (Å²) in [6.07, 6.45) is 0. The van der Waals surface area contributed by atoms with Crippen molar-refractivity contribution in [2.75, 3.05) is 7.05 Å². The Morgan fingerprint density at radius 2 is 1.85 bits per heavy atom. The van der Waals surface area contributed by atoms with Gasteiger partial charge in [-0.1, -0.05) is 46.3 Å². The van der Waals surface area contributed by atoms with Gasteiger partial charge in [-0.25, -0.2) is 4.39 Å². The molecule has 2 aromatic carbocycles. The van der Waals surface area contributed by atoms with E-state index in [-0.39, 0.29) is 17.5 Å². The van der Waals surface area contributed by atoms with Gasteiger partial charge in [0.15, 0.2) is 0 Å². The monoisotopic (exact) mass is 335 g/mol. The van der Waals surface area contributed by atoms with Crippen molar-refractivity contribution in [2.24, 2.45) is 0 Å². The third kappa shape index (κ3) is 3.07. The zero-order valence-electron chi connectivity index (χ0n) is 11.3. The SMILES string of the molecule is CC(c1ccccc1)N(C)C(=O)c1ccc(Br)cc1F. The highest BCUT2D eigenvalue weighted by atomic mass is 79.9. The molecule has 0 spiro atoms. The third-order valence-corrected chi connectivity index (χ3v) is 3.84. The van der Waals surface area contributed by atoms with Gasteiger partial charge >= 0.3 is 0 Å². The highest BCUT2D eigenvalue weighted by Crippen LogP contribution is 2.22. The minimum Gasteiger partial charge on any atom is -0.335 e. The largest absolute Gasteiger partial charge is 0.335 e. The maximum absolute atomic E-state index is 13.8. The topological polar surface area (TPSA) is 20.3 Å². The van der Waals surface area contributed by atoms with E-state index in [0.717, 1.165) is 5.56 Å². The molecule has 20 heavy (non-hydrogen) atoms. The highest BCUT2D eigenvalue weighted by molar-refractivity contribution is 9.10. The number of hydrogen-bond donors (Lipinski definition) is 0.